The summed E-state index contributed by atoms with van der Waals surface area (Å²) in [6.45, 7) is 8.37. The van der Waals surface area contributed by atoms with E-state index in [9.17, 15) is 14.4 Å². The number of urea groups is 1. The Morgan fingerprint density at radius 3 is 2.33 bits per heavy atom. The van der Waals surface area contributed by atoms with Gasteiger partial charge in [-0.3, -0.25) is 14.5 Å². The number of imide groups is 1. The van der Waals surface area contributed by atoms with E-state index in [1.165, 1.54) is 5.56 Å². The molecule has 1 saturated carbocycles. The first-order chi connectivity index (χ1) is 12.7. The average Bonchev–Trinajstić information content (AvgIpc) is 3.41. The topological polar surface area (TPSA) is 69.7 Å². The molecule has 1 aromatic carbocycles. The van der Waals surface area contributed by atoms with Crippen molar-refractivity contribution in [2.24, 2.45) is 0 Å². The summed E-state index contributed by atoms with van der Waals surface area (Å²) in [5, 5.41) is 2.65. The minimum atomic E-state index is -0.894. The molecule has 1 N–H and O–H groups in total. The second kappa shape index (κ2) is 7.33. The summed E-state index contributed by atoms with van der Waals surface area (Å²) in [7, 11) is 0. The summed E-state index contributed by atoms with van der Waals surface area (Å²) >= 11 is 0. The van der Waals surface area contributed by atoms with Crippen LogP contribution in [-0.4, -0.2) is 45.8 Å². The number of hydrogen-bond acceptors (Lipinski definition) is 3. The highest BCUT2D eigenvalue weighted by molar-refractivity contribution is 6.06. The number of carbonyl (C=O) groups excluding carboxylic acids is 3. The van der Waals surface area contributed by atoms with Gasteiger partial charge in [0.05, 0.1) is 0 Å². The number of benzene rings is 1. The Balaban J connectivity index is 1.61. The third-order valence-corrected chi connectivity index (χ3v) is 5.30. The molecule has 1 heterocycles. The number of nitrogens with one attached hydrogen (secondary N) is 1. The third kappa shape index (κ3) is 4.31. The molecule has 1 aliphatic heterocycles. The molecule has 0 aromatic heterocycles. The van der Waals surface area contributed by atoms with Crippen LogP contribution >= 0.6 is 0 Å². The van der Waals surface area contributed by atoms with Gasteiger partial charge in [-0.1, -0.05) is 38.1 Å². The summed E-state index contributed by atoms with van der Waals surface area (Å²) in [5.74, 6) is 0.201. The van der Waals surface area contributed by atoms with Crippen LogP contribution in [0.15, 0.2) is 24.3 Å². The van der Waals surface area contributed by atoms with Crippen molar-refractivity contribution in [1.82, 2.24) is 15.1 Å². The van der Waals surface area contributed by atoms with E-state index in [1.54, 1.807) is 13.8 Å². The van der Waals surface area contributed by atoms with Gasteiger partial charge in [-0.2, -0.15) is 0 Å². The zero-order valence-corrected chi connectivity index (χ0v) is 16.6. The maximum Gasteiger partial charge on any atom is 0.325 e. The zero-order chi connectivity index (χ0) is 19.8. The maximum absolute atomic E-state index is 12.8. The SMILES string of the molecule is CC(C)c1ccc(CN(C(=O)CCN2C(=O)NC(C)(C)C2=O)C2CC2)cc1. The number of carbonyl (C=O) groups is 3. The van der Waals surface area contributed by atoms with Gasteiger partial charge in [0, 0.05) is 25.6 Å². The first-order valence-electron chi connectivity index (χ1n) is 9.71. The van der Waals surface area contributed by atoms with Gasteiger partial charge in [-0.05, 0) is 43.7 Å². The minimum absolute atomic E-state index is 0.00394. The molecule has 2 aliphatic rings. The molecule has 0 atom stereocenters. The largest absolute Gasteiger partial charge is 0.335 e. The van der Waals surface area contributed by atoms with Gasteiger partial charge >= 0.3 is 6.03 Å². The van der Waals surface area contributed by atoms with Gasteiger partial charge in [-0.25, -0.2) is 4.79 Å². The molecule has 1 saturated heterocycles. The molecular weight excluding hydrogens is 342 g/mol. The highest BCUT2D eigenvalue weighted by atomic mass is 16.2. The number of hydrogen-bond donors (Lipinski definition) is 1. The van der Waals surface area contributed by atoms with Gasteiger partial charge in [0.15, 0.2) is 0 Å². The minimum Gasteiger partial charge on any atom is -0.335 e. The Morgan fingerprint density at radius 1 is 1.22 bits per heavy atom. The fourth-order valence-corrected chi connectivity index (χ4v) is 3.38. The van der Waals surface area contributed by atoms with E-state index in [1.807, 2.05) is 4.90 Å². The standard InChI is InChI=1S/C21H29N3O3/c1-14(2)16-7-5-15(6-8-16)13-24(17-9-10-17)18(25)11-12-23-19(26)21(3,4)22-20(23)27/h5-8,14,17H,9-13H2,1-4H3,(H,22,27). The Labute approximate surface area is 160 Å². The Hall–Kier alpha value is -2.37. The number of rotatable bonds is 7. The number of amides is 4. The molecule has 0 bridgehead atoms. The van der Waals surface area contributed by atoms with Crippen LogP contribution in [0.5, 0.6) is 0 Å². The van der Waals surface area contributed by atoms with Crippen LogP contribution in [0.3, 0.4) is 0 Å². The highest BCUT2D eigenvalue weighted by Crippen LogP contribution is 2.29. The molecular formula is C21H29N3O3. The Morgan fingerprint density at radius 2 is 1.85 bits per heavy atom. The summed E-state index contributed by atoms with van der Waals surface area (Å²) in [4.78, 5) is 40.1. The maximum atomic E-state index is 12.8. The van der Waals surface area contributed by atoms with Crippen LogP contribution in [0, 0.1) is 0 Å². The van der Waals surface area contributed by atoms with Crippen molar-refractivity contribution in [1.29, 1.82) is 0 Å². The third-order valence-electron chi connectivity index (χ3n) is 5.30. The summed E-state index contributed by atoms with van der Waals surface area (Å²) < 4.78 is 0. The fourth-order valence-electron chi connectivity index (χ4n) is 3.38. The van der Waals surface area contributed by atoms with E-state index in [4.69, 9.17) is 0 Å². The Bertz CT molecular complexity index is 736. The molecule has 27 heavy (non-hydrogen) atoms. The van der Waals surface area contributed by atoms with Crippen LogP contribution in [0.25, 0.3) is 0 Å². The highest BCUT2D eigenvalue weighted by Gasteiger charge is 2.44. The van der Waals surface area contributed by atoms with E-state index in [0.717, 1.165) is 23.3 Å². The van der Waals surface area contributed by atoms with Crippen LogP contribution in [-0.2, 0) is 16.1 Å². The van der Waals surface area contributed by atoms with Gasteiger partial charge in [0.2, 0.25) is 5.91 Å². The normalized spacial score (nSPS) is 18.8. The van der Waals surface area contributed by atoms with Crippen LogP contribution in [0.4, 0.5) is 4.79 Å². The second-order valence-corrected chi connectivity index (χ2v) is 8.41. The zero-order valence-electron chi connectivity index (χ0n) is 16.6. The molecule has 0 radical (unpaired) electrons. The van der Waals surface area contributed by atoms with E-state index >= 15 is 0 Å². The smallest absolute Gasteiger partial charge is 0.325 e. The number of nitrogens with zero attached hydrogens (tertiary/aromatic N) is 2. The lowest BCUT2D eigenvalue weighted by molar-refractivity contribution is -0.134. The molecule has 146 valence electrons. The van der Waals surface area contributed by atoms with Gasteiger partial charge in [0.1, 0.15) is 5.54 Å². The molecule has 6 heteroatoms. The summed E-state index contributed by atoms with van der Waals surface area (Å²) in [5.41, 5.74) is 1.49. The first-order valence-corrected chi connectivity index (χ1v) is 9.71. The lowest BCUT2D eigenvalue weighted by atomic mass is 10.0. The first kappa shape index (κ1) is 19.4. The molecule has 1 aliphatic carbocycles. The fraction of sp³-hybridized carbons (Fsp3) is 0.571. The molecule has 3 rings (SSSR count). The van der Waals surface area contributed by atoms with Crippen molar-refractivity contribution in [3.63, 3.8) is 0 Å². The van der Waals surface area contributed by atoms with Crippen molar-refractivity contribution in [2.45, 2.75) is 71.0 Å². The van der Waals surface area contributed by atoms with Crippen LogP contribution in [0.2, 0.25) is 0 Å². The summed E-state index contributed by atoms with van der Waals surface area (Å²) in [6.07, 6.45) is 2.20. The molecule has 1 aromatic rings. The van der Waals surface area contributed by atoms with Crippen molar-refractivity contribution in [3.8, 4) is 0 Å². The molecule has 4 amide bonds. The molecule has 0 unspecified atom stereocenters. The van der Waals surface area contributed by atoms with E-state index in [2.05, 4.69) is 43.4 Å². The monoisotopic (exact) mass is 371 g/mol. The molecule has 2 fully saturated rings. The molecule has 0 spiro atoms. The lowest BCUT2D eigenvalue weighted by Gasteiger charge is -2.24. The van der Waals surface area contributed by atoms with E-state index < -0.39 is 11.6 Å². The van der Waals surface area contributed by atoms with Crippen molar-refractivity contribution in [3.05, 3.63) is 35.4 Å². The van der Waals surface area contributed by atoms with Crippen molar-refractivity contribution >= 4 is 17.8 Å². The van der Waals surface area contributed by atoms with Crippen LogP contribution < -0.4 is 5.32 Å². The summed E-state index contributed by atoms with van der Waals surface area (Å²) in [6, 6.07) is 8.26. The quantitative estimate of drug-likeness (QED) is 0.749. The average molecular weight is 371 g/mol. The van der Waals surface area contributed by atoms with Gasteiger partial charge < -0.3 is 10.2 Å². The lowest BCUT2D eigenvalue weighted by Crippen LogP contribution is -2.41. The van der Waals surface area contributed by atoms with E-state index in [0.29, 0.717) is 12.5 Å². The van der Waals surface area contributed by atoms with Crippen molar-refractivity contribution < 1.29 is 14.4 Å². The van der Waals surface area contributed by atoms with E-state index in [-0.39, 0.29) is 30.8 Å². The molecule has 6 nitrogen and oxygen atoms in total. The van der Waals surface area contributed by atoms with Crippen LogP contribution in [0.1, 0.15) is 64.0 Å². The second-order valence-electron chi connectivity index (χ2n) is 8.41. The van der Waals surface area contributed by atoms with Gasteiger partial charge in [-0.15, -0.1) is 0 Å². The van der Waals surface area contributed by atoms with Crippen molar-refractivity contribution in [2.75, 3.05) is 6.54 Å². The predicted octanol–water partition coefficient (Wildman–Crippen LogP) is 3.02. The Kier molecular flexibility index (Phi) is 5.27. The van der Waals surface area contributed by atoms with Gasteiger partial charge in [0.25, 0.3) is 5.91 Å². The predicted molar refractivity (Wildman–Crippen MR) is 103 cm³/mol.